The number of carbonyl (C=O) groups excluding carboxylic acids is 1. The molecule has 0 aliphatic carbocycles. The summed E-state index contributed by atoms with van der Waals surface area (Å²) in [5.41, 5.74) is 0.597. The van der Waals surface area contributed by atoms with Crippen LogP contribution in [0.5, 0.6) is 5.75 Å². The predicted octanol–water partition coefficient (Wildman–Crippen LogP) is 3.49. The van der Waals surface area contributed by atoms with Gasteiger partial charge in [-0.25, -0.2) is 8.78 Å². The van der Waals surface area contributed by atoms with Crippen molar-refractivity contribution in [2.75, 3.05) is 11.9 Å². The lowest BCUT2D eigenvalue weighted by Gasteiger charge is -2.04. The van der Waals surface area contributed by atoms with Crippen molar-refractivity contribution in [3.63, 3.8) is 0 Å². The van der Waals surface area contributed by atoms with Crippen molar-refractivity contribution in [3.05, 3.63) is 58.1 Å². The molecule has 0 radical (unpaired) electrons. The van der Waals surface area contributed by atoms with E-state index in [9.17, 15) is 18.7 Å². The Labute approximate surface area is 133 Å². The second-order valence-corrected chi connectivity index (χ2v) is 5.27. The molecule has 22 heavy (non-hydrogen) atoms. The lowest BCUT2D eigenvalue weighted by atomic mass is 10.2. The number of aliphatic imine (C=N–C) groups is 1. The molecule has 0 aliphatic rings. The van der Waals surface area contributed by atoms with Gasteiger partial charge in [0.1, 0.15) is 12.3 Å². The average molecular weight is 369 g/mol. The zero-order chi connectivity index (χ0) is 16.1. The third-order valence-electron chi connectivity index (χ3n) is 2.66. The van der Waals surface area contributed by atoms with Gasteiger partial charge in [0.15, 0.2) is 11.6 Å². The Bertz CT molecular complexity index is 735. The summed E-state index contributed by atoms with van der Waals surface area (Å²) in [6.07, 6.45) is 1.35. The molecule has 0 heterocycles. The lowest BCUT2D eigenvalue weighted by Crippen LogP contribution is -2.15. The summed E-state index contributed by atoms with van der Waals surface area (Å²) in [5, 5.41) is 12.0. The number of anilines is 1. The van der Waals surface area contributed by atoms with E-state index in [1.54, 1.807) is 12.1 Å². The molecule has 0 saturated heterocycles. The highest BCUT2D eigenvalue weighted by atomic mass is 79.9. The van der Waals surface area contributed by atoms with E-state index in [1.807, 2.05) is 0 Å². The van der Waals surface area contributed by atoms with E-state index >= 15 is 0 Å². The molecule has 0 unspecified atom stereocenters. The van der Waals surface area contributed by atoms with Gasteiger partial charge in [0.05, 0.1) is 0 Å². The van der Waals surface area contributed by atoms with Crippen LogP contribution in [0.25, 0.3) is 0 Å². The van der Waals surface area contributed by atoms with Crippen LogP contribution in [-0.4, -0.2) is 23.8 Å². The molecule has 2 rings (SSSR count). The van der Waals surface area contributed by atoms with Gasteiger partial charge in [-0.15, -0.1) is 0 Å². The number of hydrogen-bond donors (Lipinski definition) is 2. The number of hydrogen-bond acceptors (Lipinski definition) is 3. The van der Waals surface area contributed by atoms with Crippen LogP contribution in [0, 0.1) is 11.6 Å². The normalized spacial score (nSPS) is 10.9. The van der Waals surface area contributed by atoms with Crippen molar-refractivity contribution in [3.8, 4) is 5.75 Å². The van der Waals surface area contributed by atoms with Crippen LogP contribution >= 0.6 is 15.9 Å². The average Bonchev–Trinajstić information content (AvgIpc) is 2.46. The van der Waals surface area contributed by atoms with Gasteiger partial charge in [-0.1, -0.05) is 15.9 Å². The summed E-state index contributed by atoms with van der Waals surface area (Å²) in [6, 6.07) is 7.87. The SMILES string of the molecule is O=C(CN=Cc1cc(Br)ccc1O)Nc1ccc(F)c(F)c1. The smallest absolute Gasteiger partial charge is 0.246 e. The van der Waals surface area contributed by atoms with Crippen molar-refractivity contribution < 1.29 is 18.7 Å². The number of amides is 1. The molecule has 0 atom stereocenters. The number of benzene rings is 2. The van der Waals surface area contributed by atoms with Crippen LogP contribution < -0.4 is 5.32 Å². The molecule has 0 saturated carbocycles. The van der Waals surface area contributed by atoms with Crippen molar-refractivity contribution in [1.29, 1.82) is 0 Å². The first-order chi connectivity index (χ1) is 10.5. The largest absolute Gasteiger partial charge is 0.507 e. The molecule has 0 bridgehead atoms. The number of phenols is 1. The molecule has 0 fully saturated rings. The Kier molecular flexibility index (Phi) is 5.21. The topological polar surface area (TPSA) is 61.7 Å². The first-order valence-electron chi connectivity index (χ1n) is 6.19. The van der Waals surface area contributed by atoms with Crippen molar-refractivity contribution in [2.45, 2.75) is 0 Å². The van der Waals surface area contributed by atoms with Crippen LogP contribution in [0.4, 0.5) is 14.5 Å². The Morgan fingerprint density at radius 2 is 2.00 bits per heavy atom. The fourth-order valence-electron chi connectivity index (χ4n) is 1.63. The van der Waals surface area contributed by atoms with Crippen LogP contribution in [0.15, 0.2) is 45.9 Å². The number of phenolic OH excluding ortho intramolecular Hbond substituents is 1. The molecule has 2 aromatic rings. The van der Waals surface area contributed by atoms with E-state index in [1.165, 1.54) is 18.3 Å². The van der Waals surface area contributed by atoms with E-state index in [0.717, 1.165) is 16.6 Å². The van der Waals surface area contributed by atoms with Crippen LogP contribution in [0.2, 0.25) is 0 Å². The van der Waals surface area contributed by atoms with Gasteiger partial charge < -0.3 is 10.4 Å². The Morgan fingerprint density at radius 1 is 1.23 bits per heavy atom. The third kappa shape index (κ3) is 4.36. The lowest BCUT2D eigenvalue weighted by molar-refractivity contribution is -0.114. The summed E-state index contributed by atoms with van der Waals surface area (Å²) in [6.45, 7) is -0.217. The van der Waals surface area contributed by atoms with Crippen molar-refractivity contribution in [2.24, 2.45) is 4.99 Å². The molecule has 2 N–H and O–H groups in total. The van der Waals surface area contributed by atoms with Crippen LogP contribution in [-0.2, 0) is 4.79 Å². The molecule has 114 valence electrons. The zero-order valence-corrected chi connectivity index (χ0v) is 12.8. The summed E-state index contributed by atoms with van der Waals surface area (Å²) in [7, 11) is 0. The molecule has 0 spiro atoms. The fraction of sp³-hybridized carbons (Fsp3) is 0.0667. The van der Waals surface area contributed by atoms with E-state index in [4.69, 9.17) is 0 Å². The highest BCUT2D eigenvalue weighted by molar-refractivity contribution is 9.10. The molecule has 0 aromatic heterocycles. The summed E-state index contributed by atoms with van der Waals surface area (Å²) in [5.74, 6) is -2.48. The number of carbonyl (C=O) groups is 1. The van der Waals surface area contributed by atoms with E-state index < -0.39 is 17.5 Å². The molecule has 2 aromatic carbocycles. The van der Waals surface area contributed by atoms with Gasteiger partial charge in [0.2, 0.25) is 5.91 Å². The maximum atomic E-state index is 13.0. The van der Waals surface area contributed by atoms with E-state index in [-0.39, 0.29) is 18.0 Å². The second-order valence-electron chi connectivity index (χ2n) is 4.35. The standard InChI is InChI=1S/C15H11BrF2N2O2/c16-10-1-4-14(21)9(5-10)7-19-8-15(22)20-11-2-3-12(17)13(18)6-11/h1-7,21H,8H2,(H,20,22). The van der Waals surface area contributed by atoms with Crippen LogP contribution in [0.1, 0.15) is 5.56 Å². The zero-order valence-electron chi connectivity index (χ0n) is 11.2. The summed E-state index contributed by atoms with van der Waals surface area (Å²) in [4.78, 5) is 15.5. The maximum absolute atomic E-state index is 13.0. The Balaban J connectivity index is 1.96. The molecule has 0 aliphatic heterocycles. The molecular weight excluding hydrogens is 358 g/mol. The maximum Gasteiger partial charge on any atom is 0.246 e. The van der Waals surface area contributed by atoms with Crippen LogP contribution in [0.3, 0.4) is 0 Å². The number of nitrogens with zero attached hydrogens (tertiary/aromatic N) is 1. The van der Waals surface area contributed by atoms with E-state index in [2.05, 4.69) is 26.2 Å². The second kappa shape index (κ2) is 7.13. The number of aromatic hydroxyl groups is 1. The summed E-state index contributed by atoms with van der Waals surface area (Å²) < 4.78 is 26.5. The Morgan fingerprint density at radius 3 is 2.73 bits per heavy atom. The Hall–Kier alpha value is -2.28. The number of rotatable bonds is 4. The summed E-state index contributed by atoms with van der Waals surface area (Å²) >= 11 is 3.26. The van der Waals surface area contributed by atoms with Gasteiger partial charge in [-0.2, -0.15) is 0 Å². The predicted molar refractivity (Wildman–Crippen MR) is 83.3 cm³/mol. The molecule has 4 nitrogen and oxygen atoms in total. The van der Waals surface area contributed by atoms with Crippen molar-refractivity contribution in [1.82, 2.24) is 0 Å². The van der Waals surface area contributed by atoms with Gasteiger partial charge in [-0.3, -0.25) is 9.79 Å². The van der Waals surface area contributed by atoms with Gasteiger partial charge in [-0.05, 0) is 30.3 Å². The third-order valence-corrected chi connectivity index (χ3v) is 3.15. The number of nitrogens with one attached hydrogen (secondary N) is 1. The molecule has 1 amide bonds. The minimum absolute atomic E-state index is 0.0352. The quantitative estimate of drug-likeness (QED) is 0.811. The minimum Gasteiger partial charge on any atom is -0.507 e. The minimum atomic E-state index is -1.04. The van der Waals surface area contributed by atoms with E-state index in [0.29, 0.717) is 5.56 Å². The molecular formula is C15H11BrF2N2O2. The highest BCUT2D eigenvalue weighted by Crippen LogP contribution is 2.20. The highest BCUT2D eigenvalue weighted by Gasteiger charge is 2.05. The first-order valence-corrected chi connectivity index (χ1v) is 6.98. The fourth-order valence-corrected chi connectivity index (χ4v) is 2.01. The van der Waals surface area contributed by atoms with Gasteiger partial charge in [0.25, 0.3) is 0 Å². The van der Waals surface area contributed by atoms with Gasteiger partial charge in [0, 0.05) is 28.0 Å². The van der Waals surface area contributed by atoms with Gasteiger partial charge >= 0.3 is 0 Å². The molecule has 7 heteroatoms. The van der Waals surface area contributed by atoms with Crippen molar-refractivity contribution >= 4 is 33.7 Å². The number of halogens is 3. The first kappa shape index (κ1) is 16.1. The monoisotopic (exact) mass is 368 g/mol.